The Hall–Kier alpha value is -1.89. The largest absolute Gasteiger partial charge is 0.352 e. The Morgan fingerprint density at radius 1 is 1.00 bits per heavy atom. The van der Waals surface area contributed by atoms with Crippen molar-refractivity contribution >= 4 is 21.7 Å². The van der Waals surface area contributed by atoms with Gasteiger partial charge in [0.1, 0.15) is 0 Å². The Labute approximate surface area is 161 Å². The number of aryl methyl sites for hydroxylation is 1. The maximum atomic E-state index is 12.4. The van der Waals surface area contributed by atoms with Crippen LogP contribution in [-0.2, 0) is 26.0 Å². The number of carbonyl (C=O) groups is 2. The van der Waals surface area contributed by atoms with Gasteiger partial charge in [-0.05, 0) is 50.2 Å². The Bertz CT molecular complexity index is 798. The minimum atomic E-state index is -2.99. The predicted molar refractivity (Wildman–Crippen MR) is 104 cm³/mol. The van der Waals surface area contributed by atoms with Crippen LogP contribution in [-0.4, -0.2) is 37.8 Å². The van der Waals surface area contributed by atoms with E-state index in [-0.39, 0.29) is 41.2 Å². The molecule has 1 saturated heterocycles. The molecule has 2 N–H and O–H groups in total. The lowest BCUT2D eigenvalue weighted by molar-refractivity contribution is -0.130. The van der Waals surface area contributed by atoms with Gasteiger partial charge in [0, 0.05) is 24.4 Å². The van der Waals surface area contributed by atoms with Gasteiger partial charge in [0.2, 0.25) is 11.8 Å². The number of hydrogen-bond donors (Lipinski definition) is 2. The molecule has 0 radical (unpaired) electrons. The molecule has 7 heteroatoms. The summed E-state index contributed by atoms with van der Waals surface area (Å²) in [5.41, 5.74) is 2.28. The van der Waals surface area contributed by atoms with E-state index in [9.17, 15) is 18.0 Å². The van der Waals surface area contributed by atoms with Crippen LogP contribution in [0.3, 0.4) is 0 Å². The van der Waals surface area contributed by atoms with Crippen molar-refractivity contribution in [1.29, 1.82) is 0 Å². The molecule has 3 rings (SSSR count). The van der Waals surface area contributed by atoms with Gasteiger partial charge in [-0.15, -0.1) is 0 Å². The number of nitrogens with one attached hydrogen (secondary N) is 2. The predicted octanol–water partition coefficient (Wildman–Crippen LogP) is 1.72. The SMILES string of the molecule is Cc1ccccc1CNC(=O)C1CCC(C(=O)NC2CCS(=O)(=O)C2)CC1. The van der Waals surface area contributed by atoms with E-state index in [1.165, 1.54) is 0 Å². The fraction of sp³-hybridized carbons (Fsp3) is 0.600. The maximum absolute atomic E-state index is 12.4. The van der Waals surface area contributed by atoms with Gasteiger partial charge in [-0.25, -0.2) is 8.42 Å². The molecule has 1 aliphatic heterocycles. The van der Waals surface area contributed by atoms with Crippen LogP contribution in [0.25, 0.3) is 0 Å². The van der Waals surface area contributed by atoms with Crippen molar-refractivity contribution in [3.8, 4) is 0 Å². The third kappa shape index (κ3) is 5.31. The second-order valence-corrected chi connectivity index (χ2v) is 10.0. The first kappa shape index (κ1) is 19.9. The van der Waals surface area contributed by atoms with Crippen molar-refractivity contribution in [3.63, 3.8) is 0 Å². The zero-order valence-corrected chi connectivity index (χ0v) is 16.6. The van der Waals surface area contributed by atoms with Gasteiger partial charge >= 0.3 is 0 Å². The first-order valence-corrected chi connectivity index (χ1v) is 11.5. The first-order chi connectivity index (χ1) is 12.8. The lowest BCUT2D eigenvalue weighted by atomic mass is 9.81. The molecule has 1 aliphatic carbocycles. The zero-order chi connectivity index (χ0) is 19.4. The summed E-state index contributed by atoms with van der Waals surface area (Å²) in [7, 11) is -2.99. The normalized spacial score (nSPS) is 27.1. The fourth-order valence-corrected chi connectivity index (χ4v) is 5.65. The van der Waals surface area contributed by atoms with Crippen molar-refractivity contribution in [2.45, 2.75) is 51.6 Å². The average Bonchev–Trinajstić information content (AvgIpc) is 2.99. The minimum Gasteiger partial charge on any atom is -0.352 e. The molecule has 27 heavy (non-hydrogen) atoms. The third-order valence-corrected chi connectivity index (χ3v) is 7.53. The van der Waals surface area contributed by atoms with E-state index in [2.05, 4.69) is 10.6 Å². The van der Waals surface area contributed by atoms with Gasteiger partial charge in [-0.1, -0.05) is 24.3 Å². The smallest absolute Gasteiger partial charge is 0.223 e. The van der Waals surface area contributed by atoms with E-state index in [0.29, 0.717) is 38.6 Å². The van der Waals surface area contributed by atoms with Crippen LogP contribution in [0.15, 0.2) is 24.3 Å². The quantitative estimate of drug-likeness (QED) is 0.798. The highest BCUT2D eigenvalue weighted by atomic mass is 32.2. The molecule has 2 aliphatic rings. The van der Waals surface area contributed by atoms with Crippen LogP contribution >= 0.6 is 0 Å². The summed E-state index contributed by atoms with van der Waals surface area (Å²) in [6.07, 6.45) is 3.24. The van der Waals surface area contributed by atoms with E-state index in [0.717, 1.165) is 11.1 Å². The second-order valence-electron chi connectivity index (χ2n) is 7.80. The molecule has 1 aromatic carbocycles. The maximum Gasteiger partial charge on any atom is 0.223 e. The van der Waals surface area contributed by atoms with Crippen LogP contribution in [0.2, 0.25) is 0 Å². The average molecular weight is 393 g/mol. The highest BCUT2D eigenvalue weighted by Gasteiger charge is 2.33. The minimum absolute atomic E-state index is 0.0510. The molecule has 2 amide bonds. The standard InChI is InChI=1S/C20H28N2O4S/c1-14-4-2-3-5-17(14)12-21-19(23)15-6-8-16(9-7-15)20(24)22-18-10-11-27(25,26)13-18/h2-5,15-16,18H,6-13H2,1H3,(H,21,23)(H,22,24). The van der Waals surface area contributed by atoms with Gasteiger partial charge in [0.05, 0.1) is 11.5 Å². The number of benzene rings is 1. The number of carbonyl (C=O) groups excluding carboxylic acids is 2. The molecule has 1 saturated carbocycles. The molecule has 1 aromatic rings. The van der Waals surface area contributed by atoms with Crippen molar-refractivity contribution in [2.24, 2.45) is 11.8 Å². The molecular formula is C20H28N2O4S. The van der Waals surface area contributed by atoms with E-state index >= 15 is 0 Å². The number of hydrogen-bond acceptors (Lipinski definition) is 4. The highest BCUT2D eigenvalue weighted by molar-refractivity contribution is 7.91. The summed E-state index contributed by atoms with van der Waals surface area (Å²) in [6, 6.07) is 7.74. The fourth-order valence-electron chi connectivity index (χ4n) is 3.98. The molecule has 6 nitrogen and oxygen atoms in total. The van der Waals surface area contributed by atoms with Gasteiger partial charge in [-0.2, -0.15) is 0 Å². The highest BCUT2D eigenvalue weighted by Crippen LogP contribution is 2.29. The Morgan fingerprint density at radius 3 is 2.22 bits per heavy atom. The molecule has 0 bridgehead atoms. The number of sulfone groups is 1. The molecular weight excluding hydrogens is 364 g/mol. The molecule has 148 valence electrons. The van der Waals surface area contributed by atoms with Crippen molar-refractivity contribution < 1.29 is 18.0 Å². The van der Waals surface area contributed by atoms with Crippen LogP contribution in [0, 0.1) is 18.8 Å². The van der Waals surface area contributed by atoms with E-state index in [1.807, 2.05) is 31.2 Å². The molecule has 0 aromatic heterocycles. The summed E-state index contributed by atoms with van der Waals surface area (Å²) in [4.78, 5) is 24.8. The molecule has 1 atom stereocenters. The summed E-state index contributed by atoms with van der Waals surface area (Å²) < 4.78 is 23.0. The zero-order valence-electron chi connectivity index (χ0n) is 15.7. The number of amides is 2. The summed E-state index contributed by atoms with van der Waals surface area (Å²) in [6.45, 7) is 2.56. The van der Waals surface area contributed by atoms with E-state index in [4.69, 9.17) is 0 Å². The van der Waals surface area contributed by atoms with E-state index in [1.54, 1.807) is 0 Å². The van der Waals surface area contributed by atoms with Crippen LogP contribution < -0.4 is 10.6 Å². The van der Waals surface area contributed by atoms with Gasteiger partial charge in [0.15, 0.2) is 9.84 Å². The van der Waals surface area contributed by atoms with Crippen LogP contribution in [0.1, 0.15) is 43.2 Å². The van der Waals surface area contributed by atoms with Crippen LogP contribution in [0.5, 0.6) is 0 Å². The van der Waals surface area contributed by atoms with Gasteiger partial charge in [0.25, 0.3) is 0 Å². The van der Waals surface area contributed by atoms with Crippen molar-refractivity contribution in [3.05, 3.63) is 35.4 Å². The monoisotopic (exact) mass is 392 g/mol. The molecule has 1 unspecified atom stereocenters. The Balaban J connectivity index is 1.42. The van der Waals surface area contributed by atoms with Gasteiger partial charge < -0.3 is 10.6 Å². The van der Waals surface area contributed by atoms with Crippen molar-refractivity contribution in [2.75, 3.05) is 11.5 Å². The molecule has 0 spiro atoms. The van der Waals surface area contributed by atoms with E-state index < -0.39 is 9.84 Å². The summed E-state index contributed by atoms with van der Waals surface area (Å²) in [5.74, 6) is 0.0368. The second kappa shape index (κ2) is 8.42. The number of rotatable bonds is 5. The molecule has 2 fully saturated rings. The third-order valence-electron chi connectivity index (χ3n) is 5.76. The summed E-state index contributed by atoms with van der Waals surface area (Å²) >= 11 is 0. The lowest BCUT2D eigenvalue weighted by Crippen LogP contribution is -2.42. The van der Waals surface area contributed by atoms with Gasteiger partial charge in [-0.3, -0.25) is 9.59 Å². The van der Waals surface area contributed by atoms with Crippen LogP contribution in [0.4, 0.5) is 0 Å². The Kier molecular flexibility index (Phi) is 6.19. The topological polar surface area (TPSA) is 92.3 Å². The summed E-state index contributed by atoms with van der Waals surface area (Å²) in [5, 5.41) is 5.90. The first-order valence-electron chi connectivity index (χ1n) is 9.67. The van der Waals surface area contributed by atoms with Crippen molar-refractivity contribution in [1.82, 2.24) is 10.6 Å². The lowest BCUT2D eigenvalue weighted by Gasteiger charge is -2.28. The molecule has 1 heterocycles. The Morgan fingerprint density at radius 2 is 1.63 bits per heavy atom.